The Labute approximate surface area is 149 Å². The number of ether oxygens (including phenoxy) is 1. The SMILES string of the molecule is COc1ccc(/C=C/c2nc3scc(CC(C)C)c3c(=O)[nH]2)cc1O. The highest BCUT2D eigenvalue weighted by Gasteiger charge is 2.11. The Morgan fingerprint density at radius 1 is 1.36 bits per heavy atom. The molecule has 6 heteroatoms. The molecule has 0 saturated carbocycles. The number of hydrogen-bond donors (Lipinski definition) is 2. The summed E-state index contributed by atoms with van der Waals surface area (Å²) in [5.74, 6) is 1.46. The number of aromatic amines is 1. The van der Waals surface area contributed by atoms with Crippen LogP contribution in [0.3, 0.4) is 0 Å². The Bertz CT molecular complexity index is 986. The maximum atomic E-state index is 12.4. The third-order valence-corrected chi connectivity index (χ3v) is 4.72. The lowest BCUT2D eigenvalue weighted by Gasteiger charge is -2.03. The van der Waals surface area contributed by atoms with Crippen molar-refractivity contribution >= 4 is 33.7 Å². The molecule has 0 fully saturated rings. The number of benzene rings is 1. The van der Waals surface area contributed by atoms with Gasteiger partial charge in [0.2, 0.25) is 0 Å². The molecule has 5 nitrogen and oxygen atoms in total. The van der Waals surface area contributed by atoms with Crippen LogP contribution >= 0.6 is 11.3 Å². The number of methoxy groups -OCH3 is 1. The summed E-state index contributed by atoms with van der Waals surface area (Å²) in [5.41, 5.74) is 1.73. The van der Waals surface area contributed by atoms with Crippen LogP contribution in [-0.2, 0) is 6.42 Å². The monoisotopic (exact) mass is 356 g/mol. The number of thiophene rings is 1. The van der Waals surface area contributed by atoms with Crippen LogP contribution in [0, 0.1) is 5.92 Å². The Hall–Kier alpha value is -2.60. The number of fused-ring (bicyclic) bond motifs is 1. The number of aromatic hydroxyl groups is 1. The van der Waals surface area contributed by atoms with Gasteiger partial charge in [0.15, 0.2) is 11.5 Å². The van der Waals surface area contributed by atoms with Crippen LogP contribution in [0.4, 0.5) is 0 Å². The van der Waals surface area contributed by atoms with Crippen LogP contribution in [0.15, 0.2) is 28.4 Å². The summed E-state index contributed by atoms with van der Waals surface area (Å²) in [4.78, 5) is 20.5. The molecule has 0 aliphatic heterocycles. The summed E-state index contributed by atoms with van der Waals surface area (Å²) in [6.07, 6.45) is 4.38. The molecule has 25 heavy (non-hydrogen) atoms. The quantitative estimate of drug-likeness (QED) is 0.723. The minimum atomic E-state index is -0.112. The molecule has 0 atom stereocenters. The lowest BCUT2D eigenvalue weighted by Crippen LogP contribution is -2.10. The molecule has 2 heterocycles. The molecule has 0 bridgehead atoms. The molecule has 0 aliphatic rings. The third-order valence-electron chi connectivity index (χ3n) is 3.80. The van der Waals surface area contributed by atoms with E-state index in [2.05, 4.69) is 23.8 Å². The largest absolute Gasteiger partial charge is 0.504 e. The maximum absolute atomic E-state index is 12.4. The summed E-state index contributed by atoms with van der Waals surface area (Å²) < 4.78 is 5.02. The summed E-state index contributed by atoms with van der Waals surface area (Å²) in [7, 11) is 1.50. The molecular weight excluding hydrogens is 336 g/mol. The van der Waals surface area contributed by atoms with Crippen molar-refractivity contribution in [1.29, 1.82) is 0 Å². The second-order valence-corrected chi connectivity index (χ2v) is 7.11. The van der Waals surface area contributed by atoms with E-state index in [4.69, 9.17) is 4.74 Å². The standard InChI is InChI=1S/C19H20N2O3S/c1-11(2)8-13-10-25-19-17(13)18(23)20-16(21-19)7-5-12-4-6-15(24-3)14(22)9-12/h4-7,9-11,22H,8H2,1-3H3,(H,20,21,23)/b7-5+. The van der Waals surface area contributed by atoms with Crippen molar-refractivity contribution in [2.45, 2.75) is 20.3 Å². The van der Waals surface area contributed by atoms with Crippen molar-refractivity contribution in [3.63, 3.8) is 0 Å². The van der Waals surface area contributed by atoms with Crippen molar-refractivity contribution in [3.05, 3.63) is 50.9 Å². The molecule has 0 spiro atoms. The van der Waals surface area contributed by atoms with E-state index >= 15 is 0 Å². The Balaban J connectivity index is 1.92. The topological polar surface area (TPSA) is 75.2 Å². The second kappa shape index (κ2) is 7.11. The van der Waals surface area contributed by atoms with Gasteiger partial charge in [-0.3, -0.25) is 4.79 Å². The van der Waals surface area contributed by atoms with Crippen LogP contribution in [0.1, 0.15) is 30.8 Å². The zero-order valence-electron chi connectivity index (χ0n) is 14.4. The number of aromatic nitrogens is 2. The minimum absolute atomic E-state index is 0.0677. The van der Waals surface area contributed by atoms with Crippen LogP contribution in [0.2, 0.25) is 0 Å². The van der Waals surface area contributed by atoms with Gasteiger partial charge in [-0.25, -0.2) is 4.98 Å². The first kappa shape index (κ1) is 17.2. The van der Waals surface area contributed by atoms with Gasteiger partial charge in [0.25, 0.3) is 5.56 Å². The van der Waals surface area contributed by atoms with Crippen LogP contribution in [0.25, 0.3) is 22.4 Å². The molecule has 3 rings (SSSR count). The van der Waals surface area contributed by atoms with Gasteiger partial charge >= 0.3 is 0 Å². The number of nitrogens with one attached hydrogen (secondary N) is 1. The average molecular weight is 356 g/mol. The predicted octanol–water partition coefficient (Wildman–Crippen LogP) is 4.07. The minimum Gasteiger partial charge on any atom is -0.504 e. The fourth-order valence-electron chi connectivity index (χ4n) is 2.68. The predicted molar refractivity (Wildman–Crippen MR) is 102 cm³/mol. The van der Waals surface area contributed by atoms with Crippen LogP contribution < -0.4 is 10.3 Å². The van der Waals surface area contributed by atoms with E-state index in [9.17, 15) is 9.90 Å². The highest BCUT2D eigenvalue weighted by atomic mass is 32.1. The molecule has 2 aromatic heterocycles. The van der Waals surface area contributed by atoms with Gasteiger partial charge in [0, 0.05) is 0 Å². The normalized spacial score (nSPS) is 11.7. The van der Waals surface area contributed by atoms with E-state index in [-0.39, 0.29) is 11.3 Å². The zero-order valence-corrected chi connectivity index (χ0v) is 15.2. The summed E-state index contributed by atoms with van der Waals surface area (Å²) in [5, 5.41) is 12.5. The van der Waals surface area contributed by atoms with E-state index in [1.807, 2.05) is 11.4 Å². The number of rotatable bonds is 5. The van der Waals surface area contributed by atoms with E-state index in [0.29, 0.717) is 22.9 Å². The first-order chi connectivity index (χ1) is 12.0. The van der Waals surface area contributed by atoms with Crippen molar-refractivity contribution in [2.24, 2.45) is 5.92 Å². The maximum Gasteiger partial charge on any atom is 0.260 e. The summed E-state index contributed by atoms with van der Waals surface area (Å²) in [6, 6.07) is 5.10. The highest BCUT2D eigenvalue weighted by Crippen LogP contribution is 2.27. The van der Waals surface area contributed by atoms with E-state index in [1.54, 1.807) is 24.3 Å². The number of hydrogen-bond acceptors (Lipinski definition) is 5. The fraction of sp³-hybridized carbons (Fsp3) is 0.263. The third kappa shape index (κ3) is 3.74. The van der Waals surface area contributed by atoms with Gasteiger partial charge in [-0.05, 0) is 47.1 Å². The van der Waals surface area contributed by atoms with E-state index in [1.165, 1.54) is 18.4 Å². The van der Waals surface area contributed by atoms with Gasteiger partial charge in [0.1, 0.15) is 10.7 Å². The molecule has 130 valence electrons. The Kier molecular flexibility index (Phi) is 4.90. The van der Waals surface area contributed by atoms with Gasteiger partial charge in [-0.15, -0.1) is 11.3 Å². The number of H-pyrrole nitrogens is 1. The molecule has 0 aliphatic carbocycles. The van der Waals surface area contributed by atoms with Crippen LogP contribution in [-0.4, -0.2) is 22.2 Å². The molecule has 0 radical (unpaired) electrons. The number of phenols is 1. The van der Waals surface area contributed by atoms with Gasteiger partial charge in [-0.1, -0.05) is 26.0 Å². The molecule has 3 aromatic rings. The van der Waals surface area contributed by atoms with Crippen molar-refractivity contribution in [2.75, 3.05) is 7.11 Å². The van der Waals surface area contributed by atoms with Gasteiger partial charge < -0.3 is 14.8 Å². The second-order valence-electron chi connectivity index (χ2n) is 6.25. The van der Waals surface area contributed by atoms with E-state index in [0.717, 1.165) is 22.4 Å². The average Bonchev–Trinajstić information content (AvgIpc) is 2.95. The van der Waals surface area contributed by atoms with Gasteiger partial charge in [0.05, 0.1) is 12.5 Å². The summed E-state index contributed by atoms with van der Waals surface area (Å²) in [6.45, 7) is 4.26. The van der Waals surface area contributed by atoms with E-state index < -0.39 is 0 Å². The molecule has 0 amide bonds. The lowest BCUT2D eigenvalue weighted by molar-refractivity contribution is 0.373. The first-order valence-electron chi connectivity index (χ1n) is 8.03. The number of nitrogens with zero attached hydrogens (tertiary/aromatic N) is 1. The molecule has 0 saturated heterocycles. The fourth-order valence-corrected chi connectivity index (χ4v) is 3.64. The molecule has 0 unspecified atom stereocenters. The Morgan fingerprint density at radius 2 is 2.16 bits per heavy atom. The van der Waals surface area contributed by atoms with Crippen molar-refractivity contribution in [1.82, 2.24) is 9.97 Å². The Morgan fingerprint density at radius 3 is 2.84 bits per heavy atom. The first-order valence-corrected chi connectivity index (χ1v) is 8.91. The highest BCUT2D eigenvalue weighted by molar-refractivity contribution is 7.16. The van der Waals surface area contributed by atoms with Crippen molar-refractivity contribution < 1.29 is 9.84 Å². The molecular formula is C19H20N2O3S. The van der Waals surface area contributed by atoms with Gasteiger partial charge in [-0.2, -0.15) is 0 Å². The number of phenolic OH excluding ortho intramolecular Hbond substituents is 1. The summed E-state index contributed by atoms with van der Waals surface area (Å²) >= 11 is 1.49. The smallest absolute Gasteiger partial charge is 0.260 e. The van der Waals surface area contributed by atoms with Crippen LogP contribution in [0.5, 0.6) is 11.5 Å². The lowest BCUT2D eigenvalue weighted by atomic mass is 10.0. The van der Waals surface area contributed by atoms with Crippen molar-refractivity contribution in [3.8, 4) is 11.5 Å². The zero-order chi connectivity index (χ0) is 18.0. The molecule has 2 N–H and O–H groups in total. The molecule has 1 aromatic carbocycles.